The number of rotatable bonds is 8. The average molecular weight is 352 g/mol. The molecule has 26 heavy (non-hydrogen) atoms. The van der Waals surface area contributed by atoms with Gasteiger partial charge < -0.3 is 4.90 Å². The Morgan fingerprint density at radius 1 is 0.885 bits per heavy atom. The number of hydrogen-bond donors (Lipinski definition) is 0. The van der Waals surface area contributed by atoms with Gasteiger partial charge in [-0.2, -0.15) is 0 Å². The molecule has 0 amide bonds. The van der Waals surface area contributed by atoms with Gasteiger partial charge in [0, 0.05) is 25.2 Å². The maximum Gasteiger partial charge on any atom is 0.0402 e. The molecule has 2 aromatic rings. The second kappa shape index (κ2) is 9.26. The smallest absolute Gasteiger partial charge is 0.0402 e. The first kappa shape index (κ1) is 20.6. The Morgan fingerprint density at radius 2 is 1.54 bits per heavy atom. The summed E-state index contributed by atoms with van der Waals surface area (Å²) in [6.45, 7) is 18.2. The Bertz CT molecular complexity index is 721. The maximum atomic E-state index is 2.58. The van der Waals surface area contributed by atoms with Gasteiger partial charge in [-0.3, -0.25) is 0 Å². The summed E-state index contributed by atoms with van der Waals surface area (Å²) in [6.07, 6.45) is 3.40. The first-order valence-corrected chi connectivity index (χ1v) is 10.3. The first-order chi connectivity index (χ1) is 12.4. The first-order valence-electron chi connectivity index (χ1n) is 10.3. The fourth-order valence-electron chi connectivity index (χ4n) is 4.06. The summed E-state index contributed by atoms with van der Waals surface area (Å²) in [5.74, 6) is 0.572. The molecule has 0 aromatic heterocycles. The standard InChI is InChI=1S/C25H37N/c1-8-14-26(15-9-2)25-13-10-19(5)16-22(25)17-24-20(6)11-12-23(18(3)4)21(24)7/h10-13,16,18H,8-9,14-15,17H2,1-7H3. The lowest BCUT2D eigenvalue weighted by Gasteiger charge is -2.27. The molecule has 0 fully saturated rings. The van der Waals surface area contributed by atoms with Crippen LogP contribution in [0.2, 0.25) is 0 Å². The molecule has 0 aliphatic rings. The molecule has 2 rings (SSSR count). The number of aryl methyl sites for hydroxylation is 2. The fraction of sp³-hybridized carbons (Fsp3) is 0.520. The van der Waals surface area contributed by atoms with Crippen LogP contribution < -0.4 is 4.90 Å². The van der Waals surface area contributed by atoms with Crippen molar-refractivity contribution < 1.29 is 0 Å². The lowest BCUT2D eigenvalue weighted by atomic mass is 9.88. The predicted molar refractivity (Wildman–Crippen MR) is 117 cm³/mol. The minimum Gasteiger partial charge on any atom is -0.371 e. The van der Waals surface area contributed by atoms with E-state index >= 15 is 0 Å². The Kier molecular flexibility index (Phi) is 7.32. The van der Waals surface area contributed by atoms with E-state index in [9.17, 15) is 0 Å². The van der Waals surface area contributed by atoms with Crippen LogP contribution in [0.3, 0.4) is 0 Å². The second-order valence-corrected chi connectivity index (χ2v) is 8.03. The number of benzene rings is 2. The van der Waals surface area contributed by atoms with Crippen molar-refractivity contribution in [2.45, 2.75) is 73.6 Å². The molecule has 2 aromatic carbocycles. The van der Waals surface area contributed by atoms with Crippen molar-refractivity contribution in [2.75, 3.05) is 18.0 Å². The van der Waals surface area contributed by atoms with E-state index in [1.165, 1.54) is 51.9 Å². The average Bonchev–Trinajstić information content (AvgIpc) is 2.58. The molecule has 0 aliphatic heterocycles. The van der Waals surface area contributed by atoms with Gasteiger partial charge in [-0.25, -0.2) is 0 Å². The van der Waals surface area contributed by atoms with Crippen LogP contribution >= 0.6 is 0 Å². The van der Waals surface area contributed by atoms with Gasteiger partial charge in [-0.15, -0.1) is 0 Å². The fourth-order valence-corrected chi connectivity index (χ4v) is 4.06. The Hall–Kier alpha value is -1.76. The van der Waals surface area contributed by atoms with Crippen molar-refractivity contribution in [1.82, 2.24) is 0 Å². The van der Waals surface area contributed by atoms with E-state index in [1.807, 2.05) is 0 Å². The molecule has 0 bridgehead atoms. The van der Waals surface area contributed by atoms with Gasteiger partial charge in [-0.05, 0) is 73.4 Å². The summed E-state index contributed by atoms with van der Waals surface area (Å²) < 4.78 is 0. The van der Waals surface area contributed by atoms with Gasteiger partial charge >= 0.3 is 0 Å². The molecular weight excluding hydrogens is 314 g/mol. The van der Waals surface area contributed by atoms with Crippen LogP contribution in [0.4, 0.5) is 5.69 Å². The molecule has 1 heteroatoms. The summed E-state index contributed by atoms with van der Waals surface area (Å²) in [5, 5.41) is 0. The zero-order valence-corrected chi connectivity index (χ0v) is 17.9. The normalized spacial score (nSPS) is 11.2. The van der Waals surface area contributed by atoms with Gasteiger partial charge in [0.15, 0.2) is 0 Å². The molecule has 0 saturated carbocycles. The largest absolute Gasteiger partial charge is 0.371 e. The predicted octanol–water partition coefficient (Wildman–Crippen LogP) is 6.95. The summed E-state index contributed by atoms with van der Waals surface area (Å²) in [6, 6.07) is 11.6. The van der Waals surface area contributed by atoms with Gasteiger partial charge in [0.05, 0.1) is 0 Å². The Morgan fingerprint density at radius 3 is 2.12 bits per heavy atom. The Balaban J connectivity index is 2.50. The van der Waals surface area contributed by atoms with E-state index in [0.717, 1.165) is 19.5 Å². The number of anilines is 1. The highest BCUT2D eigenvalue weighted by Crippen LogP contribution is 2.30. The van der Waals surface area contributed by atoms with Gasteiger partial charge in [0.25, 0.3) is 0 Å². The molecule has 0 aliphatic carbocycles. The molecule has 0 atom stereocenters. The summed E-state index contributed by atoms with van der Waals surface area (Å²) in [7, 11) is 0. The van der Waals surface area contributed by atoms with Crippen LogP contribution in [0, 0.1) is 20.8 Å². The van der Waals surface area contributed by atoms with Crippen LogP contribution in [0.1, 0.15) is 79.8 Å². The molecule has 0 saturated heterocycles. The van der Waals surface area contributed by atoms with Crippen LogP contribution in [-0.2, 0) is 6.42 Å². The van der Waals surface area contributed by atoms with Crippen molar-refractivity contribution in [1.29, 1.82) is 0 Å². The van der Waals surface area contributed by atoms with Crippen LogP contribution in [0.25, 0.3) is 0 Å². The summed E-state index contributed by atoms with van der Waals surface area (Å²) in [5.41, 5.74) is 10.1. The quantitative estimate of drug-likeness (QED) is 0.497. The van der Waals surface area contributed by atoms with Crippen molar-refractivity contribution in [3.05, 3.63) is 63.7 Å². The minimum atomic E-state index is 0.572. The van der Waals surface area contributed by atoms with E-state index in [-0.39, 0.29) is 0 Å². The van der Waals surface area contributed by atoms with Gasteiger partial charge in [0.1, 0.15) is 0 Å². The molecule has 0 N–H and O–H groups in total. The molecule has 0 spiro atoms. The highest BCUT2D eigenvalue weighted by Gasteiger charge is 2.15. The zero-order valence-electron chi connectivity index (χ0n) is 17.9. The van der Waals surface area contributed by atoms with Crippen LogP contribution in [0.15, 0.2) is 30.3 Å². The van der Waals surface area contributed by atoms with E-state index in [2.05, 4.69) is 83.7 Å². The van der Waals surface area contributed by atoms with Crippen molar-refractivity contribution in [2.24, 2.45) is 0 Å². The van der Waals surface area contributed by atoms with E-state index in [0.29, 0.717) is 5.92 Å². The Labute approximate surface area is 161 Å². The van der Waals surface area contributed by atoms with Gasteiger partial charge in [0.2, 0.25) is 0 Å². The van der Waals surface area contributed by atoms with E-state index < -0.39 is 0 Å². The maximum absolute atomic E-state index is 2.58. The lowest BCUT2D eigenvalue weighted by Crippen LogP contribution is -2.26. The minimum absolute atomic E-state index is 0.572. The molecular formula is C25H37N. The second-order valence-electron chi connectivity index (χ2n) is 8.03. The molecule has 1 nitrogen and oxygen atoms in total. The monoisotopic (exact) mass is 351 g/mol. The SMILES string of the molecule is CCCN(CCC)c1ccc(C)cc1Cc1c(C)ccc(C(C)C)c1C. The summed E-state index contributed by atoms with van der Waals surface area (Å²) in [4.78, 5) is 2.58. The lowest BCUT2D eigenvalue weighted by molar-refractivity contribution is 0.741. The third-order valence-electron chi connectivity index (χ3n) is 5.43. The molecule has 0 unspecified atom stereocenters. The zero-order chi connectivity index (χ0) is 19.3. The highest BCUT2D eigenvalue weighted by molar-refractivity contribution is 5.58. The van der Waals surface area contributed by atoms with Crippen LogP contribution in [-0.4, -0.2) is 13.1 Å². The number of nitrogens with zero attached hydrogens (tertiary/aromatic N) is 1. The molecule has 142 valence electrons. The summed E-state index contributed by atoms with van der Waals surface area (Å²) >= 11 is 0. The van der Waals surface area contributed by atoms with Crippen molar-refractivity contribution in [3.63, 3.8) is 0 Å². The van der Waals surface area contributed by atoms with E-state index in [4.69, 9.17) is 0 Å². The van der Waals surface area contributed by atoms with E-state index in [1.54, 1.807) is 0 Å². The number of hydrogen-bond acceptors (Lipinski definition) is 1. The van der Waals surface area contributed by atoms with Gasteiger partial charge in [-0.1, -0.05) is 57.5 Å². The third-order valence-corrected chi connectivity index (χ3v) is 5.43. The molecule has 0 heterocycles. The van der Waals surface area contributed by atoms with Crippen LogP contribution in [0.5, 0.6) is 0 Å². The highest BCUT2D eigenvalue weighted by atomic mass is 15.1. The van der Waals surface area contributed by atoms with Crippen molar-refractivity contribution in [3.8, 4) is 0 Å². The van der Waals surface area contributed by atoms with Crippen molar-refractivity contribution >= 4 is 5.69 Å². The topological polar surface area (TPSA) is 3.24 Å². The third kappa shape index (κ3) is 4.69. The molecule has 0 radical (unpaired) electrons.